The molecular formula is C12H16N2O. The zero-order valence-corrected chi connectivity index (χ0v) is 8.94. The fourth-order valence-corrected chi connectivity index (χ4v) is 1.63. The largest absolute Gasteiger partial charge is 0.397 e. The highest BCUT2D eigenvalue weighted by Crippen LogP contribution is 2.33. The normalized spacial score (nSPS) is 15.0. The number of para-hydroxylation sites is 2. The van der Waals surface area contributed by atoms with Crippen LogP contribution in [0.5, 0.6) is 0 Å². The molecule has 3 nitrogen and oxygen atoms in total. The molecule has 80 valence electrons. The molecular weight excluding hydrogens is 188 g/mol. The Bertz CT molecular complexity index is 372. The van der Waals surface area contributed by atoms with Crippen LogP contribution in [0.4, 0.5) is 11.4 Å². The molecule has 1 aliphatic carbocycles. The average Bonchev–Trinajstić information content (AvgIpc) is 3.01. The predicted molar refractivity (Wildman–Crippen MR) is 61.6 cm³/mol. The zero-order valence-electron chi connectivity index (χ0n) is 8.94. The van der Waals surface area contributed by atoms with Crippen molar-refractivity contribution in [3.63, 3.8) is 0 Å². The first-order valence-electron chi connectivity index (χ1n) is 5.29. The van der Waals surface area contributed by atoms with Gasteiger partial charge in [0.1, 0.15) is 0 Å². The highest BCUT2D eigenvalue weighted by Gasteiger charge is 2.26. The van der Waals surface area contributed by atoms with Gasteiger partial charge in [-0.15, -0.1) is 0 Å². The minimum atomic E-state index is 0.162. The van der Waals surface area contributed by atoms with E-state index in [2.05, 4.69) is 0 Å². The average molecular weight is 204 g/mol. The molecule has 0 aromatic heterocycles. The second-order valence-corrected chi connectivity index (χ2v) is 4.16. The van der Waals surface area contributed by atoms with Gasteiger partial charge >= 0.3 is 0 Å². The number of hydrogen-bond acceptors (Lipinski definition) is 2. The number of nitrogens with two attached hydrogens (primary N) is 1. The molecule has 0 aliphatic heterocycles. The minimum Gasteiger partial charge on any atom is -0.397 e. The van der Waals surface area contributed by atoms with Crippen LogP contribution in [0.25, 0.3) is 0 Å². The summed E-state index contributed by atoms with van der Waals surface area (Å²) in [6.45, 7) is 0. The van der Waals surface area contributed by atoms with Gasteiger partial charge in [0.25, 0.3) is 0 Å². The number of nitrogen functional groups attached to an aromatic ring is 1. The SMILES string of the molecule is CN(C(=O)CC1CC1)c1ccccc1N. The standard InChI is InChI=1S/C12H16N2O/c1-14(12(15)8-9-6-7-9)11-5-3-2-4-10(11)13/h2-5,9H,6-8,13H2,1H3. The van der Waals surface area contributed by atoms with Crippen LogP contribution in [0.15, 0.2) is 24.3 Å². The van der Waals surface area contributed by atoms with Crippen molar-refractivity contribution < 1.29 is 4.79 Å². The van der Waals surface area contributed by atoms with Gasteiger partial charge in [-0.3, -0.25) is 4.79 Å². The maximum Gasteiger partial charge on any atom is 0.227 e. The van der Waals surface area contributed by atoms with Crippen molar-refractivity contribution in [1.82, 2.24) is 0 Å². The van der Waals surface area contributed by atoms with Gasteiger partial charge < -0.3 is 10.6 Å². The van der Waals surface area contributed by atoms with Crippen molar-refractivity contribution in [3.05, 3.63) is 24.3 Å². The van der Waals surface area contributed by atoms with E-state index >= 15 is 0 Å². The van der Waals surface area contributed by atoms with E-state index in [9.17, 15) is 4.79 Å². The molecule has 1 aromatic carbocycles. The lowest BCUT2D eigenvalue weighted by atomic mass is 10.2. The molecule has 1 fully saturated rings. The molecule has 0 atom stereocenters. The third-order valence-corrected chi connectivity index (χ3v) is 2.83. The Kier molecular flexibility index (Phi) is 2.62. The van der Waals surface area contributed by atoms with Crippen molar-refractivity contribution in [2.75, 3.05) is 17.7 Å². The Morgan fingerprint density at radius 2 is 2.13 bits per heavy atom. The lowest BCUT2D eigenvalue weighted by Crippen LogP contribution is -2.27. The van der Waals surface area contributed by atoms with Crippen LogP contribution in [0, 0.1) is 5.92 Å². The van der Waals surface area contributed by atoms with E-state index in [0.717, 1.165) is 5.69 Å². The van der Waals surface area contributed by atoms with E-state index in [0.29, 0.717) is 18.0 Å². The highest BCUT2D eigenvalue weighted by atomic mass is 16.2. The van der Waals surface area contributed by atoms with Gasteiger partial charge in [-0.05, 0) is 30.9 Å². The van der Waals surface area contributed by atoms with Crippen LogP contribution in [0.3, 0.4) is 0 Å². The van der Waals surface area contributed by atoms with Crippen LogP contribution >= 0.6 is 0 Å². The van der Waals surface area contributed by atoms with Crippen molar-refractivity contribution in [3.8, 4) is 0 Å². The summed E-state index contributed by atoms with van der Waals surface area (Å²) in [6.07, 6.45) is 3.05. The summed E-state index contributed by atoms with van der Waals surface area (Å²) in [4.78, 5) is 13.5. The Labute approximate surface area is 89.9 Å². The minimum absolute atomic E-state index is 0.162. The molecule has 0 bridgehead atoms. The lowest BCUT2D eigenvalue weighted by molar-refractivity contribution is -0.118. The first kappa shape index (κ1) is 10.0. The molecule has 3 heteroatoms. The summed E-state index contributed by atoms with van der Waals surface area (Å²) < 4.78 is 0. The number of nitrogens with zero attached hydrogens (tertiary/aromatic N) is 1. The Balaban J connectivity index is 2.08. The summed E-state index contributed by atoms with van der Waals surface area (Å²) in [7, 11) is 1.79. The molecule has 2 N–H and O–H groups in total. The first-order chi connectivity index (χ1) is 7.18. The number of rotatable bonds is 3. The van der Waals surface area contributed by atoms with Crippen LogP contribution < -0.4 is 10.6 Å². The Hall–Kier alpha value is -1.51. The second kappa shape index (κ2) is 3.93. The molecule has 1 amide bonds. The number of benzene rings is 1. The quantitative estimate of drug-likeness (QED) is 0.766. The van der Waals surface area contributed by atoms with Gasteiger partial charge in [0, 0.05) is 13.5 Å². The lowest BCUT2D eigenvalue weighted by Gasteiger charge is -2.18. The molecule has 0 saturated heterocycles. The number of amides is 1. The Morgan fingerprint density at radius 3 is 2.73 bits per heavy atom. The van der Waals surface area contributed by atoms with E-state index in [-0.39, 0.29) is 5.91 Å². The highest BCUT2D eigenvalue weighted by molar-refractivity contribution is 5.95. The van der Waals surface area contributed by atoms with Gasteiger partial charge in [0.2, 0.25) is 5.91 Å². The van der Waals surface area contributed by atoms with E-state index in [1.807, 2.05) is 24.3 Å². The summed E-state index contributed by atoms with van der Waals surface area (Å²) in [5.41, 5.74) is 7.28. The monoisotopic (exact) mass is 204 g/mol. The van der Waals surface area contributed by atoms with Crippen molar-refractivity contribution in [2.45, 2.75) is 19.3 Å². The number of hydrogen-bond donors (Lipinski definition) is 1. The fraction of sp³-hybridized carbons (Fsp3) is 0.417. The smallest absolute Gasteiger partial charge is 0.227 e. The van der Waals surface area contributed by atoms with Gasteiger partial charge in [0.05, 0.1) is 11.4 Å². The van der Waals surface area contributed by atoms with E-state index in [1.165, 1.54) is 12.8 Å². The third kappa shape index (κ3) is 2.29. The van der Waals surface area contributed by atoms with Crippen molar-refractivity contribution in [2.24, 2.45) is 5.92 Å². The third-order valence-electron chi connectivity index (χ3n) is 2.83. The molecule has 0 spiro atoms. The molecule has 1 saturated carbocycles. The van der Waals surface area contributed by atoms with E-state index in [1.54, 1.807) is 11.9 Å². The summed E-state index contributed by atoms with van der Waals surface area (Å²) >= 11 is 0. The molecule has 0 heterocycles. The second-order valence-electron chi connectivity index (χ2n) is 4.16. The van der Waals surface area contributed by atoms with Gasteiger partial charge in [-0.25, -0.2) is 0 Å². The van der Waals surface area contributed by atoms with Crippen molar-refractivity contribution in [1.29, 1.82) is 0 Å². The van der Waals surface area contributed by atoms with Gasteiger partial charge in [-0.2, -0.15) is 0 Å². The molecule has 1 aromatic rings. The molecule has 0 radical (unpaired) electrons. The number of carbonyl (C=O) groups is 1. The number of anilines is 2. The van der Waals surface area contributed by atoms with Crippen LogP contribution in [0.1, 0.15) is 19.3 Å². The molecule has 2 rings (SSSR count). The molecule has 1 aliphatic rings. The van der Waals surface area contributed by atoms with Crippen LogP contribution in [-0.2, 0) is 4.79 Å². The van der Waals surface area contributed by atoms with Gasteiger partial charge in [-0.1, -0.05) is 12.1 Å². The van der Waals surface area contributed by atoms with E-state index < -0.39 is 0 Å². The van der Waals surface area contributed by atoms with Crippen LogP contribution in [-0.4, -0.2) is 13.0 Å². The van der Waals surface area contributed by atoms with Crippen molar-refractivity contribution >= 4 is 17.3 Å². The fourth-order valence-electron chi connectivity index (χ4n) is 1.63. The zero-order chi connectivity index (χ0) is 10.8. The maximum atomic E-state index is 11.8. The first-order valence-corrected chi connectivity index (χ1v) is 5.29. The van der Waals surface area contributed by atoms with Crippen LogP contribution in [0.2, 0.25) is 0 Å². The molecule has 15 heavy (non-hydrogen) atoms. The summed E-state index contributed by atoms with van der Waals surface area (Å²) in [5.74, 6) is 0.778. The Morgan fingerprint density at radius 1 is 1.47 bits per heavy atom. The molecule has 0 unspecified atom stereocenters. The van der Waals surface area contributed by atoms with E-state index in [4.69, 9.17) is 5.73 Å². The topological polar surface area (TPSA) is 46.3 Å². The summed E-state index contributed by atoms with van der Waals surface area (Å²) in [5, 5.41) is 0. The maximum absolute atomic E-state index is 11.8. The summed E-state index contributed by atoms with van der Waals surface area (Å²) in [6, 6.07) is 7.46. The number of carbonyl (C=O) groups excluding carboxylic acids is 1. The predicted octanol–water partition coefficient (Wildman–Crippen LogP) is 2.03. The van der Waals surface area contributed by atoms with Gasteiger partial charge in [0.15, 0.2) is 0 Å².